The van der Waals surface area contributed by atoms with E-state index in [1.165, 1.54) is 11.3 Å². The number of methoxy groups -OCH3 is 1. The van der Waals surface area contributed by atoms with Crippen molar-refractivity contribution in [2.45, 2.75) is 52.1 Å². The van der Waals surface area contributed by atoms with Crippen molar-refractivity contribution in [3.63, 3.8) is 0 Å². The van der Waals surface area contributed by atoms with E-state index in [0.29, 0.717) is 26.2 Å². The highest BCUT2D eigenvalue weighted by atomic mass is 32.1. The van der Waals surface area contributed by atoms with Crippen molar-refractivity contribution in [1.29, 1.82) is 0 Å². The minimum Gasteiger partial charge on any atom is -0.383 e. The molecule has 1 aromatic heterocycles. The number of hydrogen-bond acceptors (Lipinski definition) is 4. The average molecular weight is 443 g/mol. The van der Waals surface area contributed by atoms with Gasteiger partial charge in [0, 0.05) is 35.9 Å². The Kier molecular flexibility index (Phi) is 9.10. The number of benzene rings is 1. The van der Waals surface area contributed by atoms with Crippen molar-refractivity contribution in [2.24, 2.45) is 5.92 Å². The third-order valence-corrected chi connectivity index (χ3v) is 6.85. The van der Waals surface area contributed by atoms with Crippen molar-refractivity contribution in [3.8, 4) is 0 Å². The highest BCUT2D eigenvalue weighted by Gasteiger charge is 2.28. The number of amides is 2. The standard InChI is InChI=1S/C25H34N2O3S/c1-20-13-14-23(31-20)18-27(17-21-9-5-3-6-10-21)24(28)19-26(15-16-30-2)25(29)22-11-7-4-8-12-22/h3,5-6,9-10,13-14,22H,4,7-8,11-12,15-19H2,1-2H3. The van der Waals surface area contributed by atoms with Crippen molar-refractivity contribution < 1.29 is 14.3 Å². The number of carbonyl (C=O) groups is 2. The Bertz CT molecular complexity index is 830. The molecule has 1 aliphatic rings. The summed E-state index contributed by atoms with van der Waals surface area (Å²) < 4.78 is 5.23. The number of ether oxygens (including phenoxy) is 1. The second-order valence-electron chi connectivity index (χ2n) is 8.34. The SMILES string of the molecule is COCCN(CC(=O)N(Cc1ccccc1)Cc1ccc(C)s1)C(=O)C1CCCCC1. The van der Waals surface area contributed by atoms with E-state index in [0.717, 1.165) is 36.1 Å². The summed E-state index contributed by atoms with van der Waals surface area (Å²) in [6, 6.07) is 14.2. The van der Waals surface area contributed by atoms with Crippen LogP contribution in [-0.4, -0.2) is 48.4 Å². The Labute approximate surface area is 190 Å². The molecular formula is C25H34N2O3S. The fourth-order valence-electron chi connectivity index (χ4n) is 4.13. The van der Waals surface area contributed by atoms with E-state index in [1.807, 2.05) is 35.2 Å². The first-order valence-electron chi connectivity index (χ1n) is 11.2. The third kappa shape index (κ3) is 7.18. The predicted molar refractivity (Wildman–Crippen MR) is 125 cm³/mol. The lowest BCUT2D eigenvalue weighted by Crippen LogP contribution is -2.46. The third-order valence-electron chi connectivity index (χ3n) is 5.87. The molecule has 31 heavy (non-hydrogen) atoms. The quantitative estimate of drug-likeness (QED) is 0.539. The van der Waals surface area contributed by atoms with E-state index in [9.17, 15) is 9.59 Å². The van der Waals surface area contributed by atoms with Gasteiger partial charge in [0.2, 0.25) is 11.8 Å². The van der Waals surface area contributed by atoms with Gasteiger partial charge in [-0.25, -0.2) is 0 Å². The number of hydrogen-bond donors (Lipinski definition) is 0. The van der Waals surface area contributed by atoms with Gasteiger partial charge in [-0.1, -0.05) is 49.6 Å². The second kappa shape index (κ2) is 12.0. The smallest absolute Gasteiger partial charge is 0.242 e. The van der Waals surface area contributed by atoms with Crippen molar-refractivity contribution >= 4 is 23.2 Å². The summed E-state index contributed by atoms with van der Waals surface area (Å²) in [6.45, 7) is 4.17. The lowest BCUT2D eigenvalue weighted by Gasteiger charge is -2.31. The molecular weight excluding hydrogens is 408 g/mol. The van der Waals surface area contributed by atoms with Crippen LogP contribution in [0.4, 0.5) is 0 Å². The maximum absolute atomic E-state index is 13.4. The molecule has 1 saturated carbocycles. The number of thiophene rings is 1. The highest BCUT2D eigenvalue weighted by Crippen LogP contribution is 2.26. The van der Waals surface area contributed by atoms with E-state index in [-0.39, 0.29) is 24.3 Å². The lowest BCUT2D eigenvalue weighted by atomic mass is 9.88. The van der Waals surface area contributed by atoms with Crippen LogP contribution < -0.4 is 0 Å². The maximum Gasteiger partial charge on any atom is 0.242 e. The molecule has 6 heteroatoms. The molecule has 0 unspecified atom stereocenters. The second-order valence-corrected chi connectivity index (χ2v) is 9.71. The summed E-state index contributed by atoms with van der Waals surface area (Å²) in [4.78, 5) is 32.6. The van der Waals surface area contributed by atoms with Crippen LogP contribution in [0.15, 0.2) is 42.5 Å². The molecule has 0 aliphatic heterocycles. The largest absolute Gasteiger partial charge is 0.383 e. The molecule has 5 nitrogen and oxygen atoms in total. The molecule has 0 atom stereocenters. The van der Waals surface area contributed by atoms with Gasteiger partial charge in [-0.2, -0.15) is 0 Å². The topological polar surface area (TPSA) is 49.9 Å². The minimum absolute atomic E-state index is 0.0184. The van der Waals surface area contributed by atoms with Crippen molar-refractivity contribution in [3.05, 3.63) is 57.8 Å². The summed E-state index contributed by atoms with van der Waals surface area (Å²) >= 11 is 1.71. The number of nitrogens with zero attached hydrogens (tertiary/aromatic N) is 2. The van der Waals surface area contributed by atoms with Gasteiger partial charge in [0.15, 0.2) is 0 Å². The molecule has 1 fully saturated rings. The molecule has 3 rings (SSSR count). The van der Waals surface area contributed by atoms with Crippen LogP contribution in [0.5, 0.6) is 0 Å². The van der Waals surface area contributed by atoms with E-state index in [1.54, 1.807) is 23.3 Å². The minimum atomic E-state index is -0.0184. The molecule has 1 aromatic carbocycles. The molecule has 0 radical (unpaired) electrons. The van der Waals surface area contributed by atoms with Gasteiger partial charge >= 0.3 is 0 Å². The van der Waals surface area contributed by atoms with Gasteiger partial charge in [0.1, 0.15) is 0 Å². The average Bonchev–Trinajstić information content (AvgIpc) is 3.21. The summed E-state index contributed by atoms with van der Waals surface area (Å²) in [7, 11) is 1.63. The number of rotatable bonds is 10. The fourth-order valence-corrected chi connectivity index (χ4v) is 5.04. The monoisotopic (exact) mass is 442 g/mol. The zero-order valence-electron chi connectivity index (χ0n) is 18.7. The van der Waals surface area contributed by atoms with Gasteiger partial charge in [0.05, 0.1) is 19.7 Å². The van der Waals surface area contributed by atoms with Crippen molar-refractivity contribution in [2.75, 3.05) is 26.8 Å². The molecule has 0 bridgehead atoms. The zero-order valence-corrected chi connectivity index (χ0v) is 19.5. The van der Waals surface area contributed by atoms with Crippen LogP contribution in [-0.2, 0) is 27.4 Å². The molecule has 168 valence electrons. The predicted octanol–water partition coefficient (Wildman–Crippen LogP) is 4.64. The molecule has 1 aliphatic carbocycles. The normalized spacial score (nSPS) is 14.4. The Hall–Kier alpha value is -2.18. The van der Waals surface area contributed by atoms with Gasteiger partial charge in [0.25, 0.3) is 0 Å². The maximum atomic E-state index is 13.4. The highest BCUT2D eigenvalue weighted by molar-refractivity contribution is 7.11. The Morgan fingerprint density at radius 3 is 2.39 bits per heavy atom. The summed E-state index contributed by atoms with van der Waals surface area (Å²) in [5.74, 6) is 0.132. The van der Waals surface area contributed by atoms with Crippen LogP contribution in [0.3, 0.4) is 0 Å². The molecule has 1 heterocycles. The molecule has 0 saturated heterocycles. The molecule has 2 aromatic rings. The van der Waals surface area contributed by atoms with Crippen molar-refractivity contribution in [1.82, 2.24) is 9.80 Å². The van der Waals surface area contributed by atoms with E-state index < -0.39 is 0 Å². The Balaban J connectivity index is 1.73. The van der Waals surface area contributed by atoms with E-state index in [4.69, 9.17) is 4.74 Å². The van der Waals surface area contributed by atoms with Gasteiger partial charge < -0.3 is 14.5 Å². The number of aryl methyl sites for hydroxylation is 1. The van der Waals surface area contributed by atoms with Crippen LogP contribution in [0, 0.1) is 12.8 Å². The van der Waals surface area contributed by atoms with Crippen LogP contribution >= 0.6 is 11.3 Å². The first kappa shape index (κ1) is 23.5. The summed E-state index contributed by atoms with van der Waals surface area (Å²) in [5, 5.41) is 0. The van der Waals surface area contributed by atoms with Crippen LogP contribution in [0.1, 0.15) is 47.4 Å². The number of carbonyl (C=O) groups excluding carboxylic acids is 2. The fraction of sp³-hybridized carbons (Fsp3) is 0.520. The lowest BCUT2D eigenvalue weighted by molar-refractivity contribution is -0.144. The van der Waals surface area contributed by atoms with E-state index >= 15 is 0 Å². The zero-order chi connectivity index (χ0) is 22.1. The first-order chi connectivity index (χ1) is 15.1. The van der Waals surface area contributed by atoms with Crippen LogP contribution in [0.2, 0.25) is 0 Å². The summed E-state index contributed by atoms with van der Waals surface area (Å²) in [6.07, 6.45) is 5.25. The van der Waals surface area contributed by atoms with Gasteiger partial charge in [-0.15, -0.1) is 11.3 Å². The molecule has 2 amide bonds. The first-order valence-corrected chi connectivity index (χ1v) is 12.0. The van der Waals surface area contributed by atoms with Crippen LogP contribution in [0.25, 0.3) is 0 Å². The molecule has 0 spiro atoms. The Morgan fingerprint density at radius 1 is 1.00 bits per heavy atom. The van der Waals surface area contributed by atoms with E-state index in [2.05, 4.69) is 19.1 Å². The Morgan fingerprint density at radius 2 is 1.74 bits per heavy atom. The summed E-state index contributed by atoms with van der Waals surface area (Å²) in [5.41, 5.74) is 1.09. The van der Waals surface area contributed by atoms with Gasteiger partial charge in [-0.3, -0.25) is 9.59 Å². The van der Waals surface area contributed by atoms with Gasteiger partial charge in [-0.05, 0) is 37.5 Å². The molecule has 0 N–H and O–H groups in total.